The maximum Gasteiger partial charge on any atom is 0.257 e. The molecule has 0 saturated carbocycles. The highest BCUT2D eigenvalue weighted by molar-refractivity contribution is 7.98. The molecule has 1 aromatic heterocycles. The number of aryl methyl sites for hydroxylation is 1. The molecule has 0 bridgehead atoms. The SMILES string of the molecule is COc1ccc([C@@H]2C3=C(CC(C)(C)CC3=O)Nc3nc(SCc4ccccc4C)[nH]c(=O)c32)cc1OC. The van der Waals surface area contributed by atoms with Crippen molar-refractivity contribution in [2.45, 2.75) is 50.4 Å². The number of Topliss-reactive ketones (excluding diaryl/α,β-unsaturated/α-hetero) is 1. The minimum absolute atomic E-state index is 0.0431. The molecule has 0 amide bonds. The van der Waals surface area contributed by atoms with Crippen LogP contribution in [-0.4, -0.2) is 30.0 Å². The van der Waals surface area contributed by atoms with Crippen molar-refractivity contribution in [3.63, 3.8) is 0 Å². The van der Waals surface area contributed by atoms with Crippen molar-refractivity contribution in [1.29, 1.82) is 0 Å². The monoisotopic (exact) mass is 517 g/mol. The number of hydrogen-bond donors (Lipinski definition) is 2. The molecule has 8 heteroatoms. The molecule has 1 atom stereocenters. The van der Waals surface area contributed by atoms with Gasteiger partial charge in [0.2, 0.25) is 0 Å². The minimum atomic E-state index is -0.554. The zero-order valence-corrected chi connectivity index (χ0v) is 22.5. The number of aromatic amines is 1. The Morgan fingerprint density at radius 3 is 2.54 bits per heavy atom. The highest BCUT2D eigenvalue weighted by Crippen LogP contribution is 2.48. The second kappa shape index (κ2) is 9.74. The van der Waals surface area contributed by atoms with E-state index in [0.29, 0.717) is 52.2 Å². The van der Waals surface area contributed by atoms with Crippen LogP contribution in [0.1, 0.15) is 54.9 Å². The van der Waals surface area contributed by atoms with Crippen LogP contribution in [0.15, 0.2) is 63.7 Å². The number of methoxy groups -OCH3 is 2. The zero-order chi connectivity index (χ0) is 26.3. The fourth-order valence-electron chi connectivity index (χ4n) is 5.25. The number of thioether (sulfide) groups is 1. The first-order valence-electron chi connectivity index (χ1n) is 12.3. The molecule has 7 nitrogen and oxygen atoms in total. The minimum Gasteiger partial charge on any atom is -0.493 e. The highest BCUT2D eigenvalue weighted by atomic mass is 32.2. The number of benzene rings is 2. The van der Waals surface area contributed by atoms with Crippen LogP contribution >= 0.6 is 11.8 Å². The van der Waals surface area contributed by atoms with Crippen LogP contribution in [0.5, 0.6) is 11.5 Å². The molecule has 2 aliphatic rings. The van der Waals surface area contributed by atoms with E-state index in [1.54, 1.807) is 20.3 Å². The summed E-state index contributed by atoms with van der Waals surface area (Å²) < 4.78 is 11.0. The first kappa shape index (κ1) is 25.1. The Bertz CT molecular complexity index is 1470. The summed E-state index contributed by atoms with van der Waals surface area (Å²) in [5.41, 5.74) is 4.63. The number of H-pyrrole nitrogens is 1. The van der Waals surface area contributed by atoms with E-state index in [1.165, 1.54) is 22.9 Å². The van der Waals surface area contributed by atoms with Crippen LogP contribution in [0.2, 0.25) is 0 Å². The van der Waals surface area contributed by atoms with Gasteiger partial charge in [0.1, 0.15) is 5.82 Å². The molecule has 5 rings (SSSR count). The average Bonchev–Trinajstić information content (AvgIpc) is 2.85. The molecule has 1 aliphatic heterocycles. The summed E-state index contributed by atoms with van der Waals surface area (Å²) in [7, 11) is 3.15. The number of carbonyl (C=O) groups excluding carboxylic acids is 1. The van der Waals surface area contributed by atoms with Gasteiger partial charge in [-0.2, -0.15) is 0 Å². The normalized spacial score (nSPS) is 18.1. The van der Waals surface area contributed by atoms with Gasteiger partial charge in [0.05, 0.1) is 19.8 Å². The van der Waals surface area contributed by atoms with Crippen molar-refractivity contribution in [2.75, 3.05) is 19.5 Å². The lowest BCUT2D eigenvalue weighted by Gasteiger charge is -2.38. The van der Waals surface area contributed by atoms with E-state index < -0.39 is 5.92 Å². The third-order valence-corrected chi connectivity index (χ3v) is 7.99. The van der Waals surface area contributed by atoms with E-state index in [0.717, 1.165) is 11.3 Å². The lowest BCUT2D eigenvalue weighted by Crippen LogP contribution is -2.37. The number of aromatic nitrogens is 2. The molecular formula is C29H31N3O4S. The Morgan fingerprint density at radius 2 is 1.81 bits per heavy atom. The third kappa shape index (κ3) is 4.78. The average molecular weight is 518 g/mol. The molecule has 0 radical (unpaired) electrons. The topological polar surface area (TPSA) is 93.3 Å². The van der Waals surface area contributed by atoms with Crippen molar-refractivity contribution in [2.24, 2.45) is 5.41 Å². The molecule has 0 unspecified atom stereocenters. The first-order valence-corrected chi connectivity index (χ1v) is 13.3. The quantitative estimate of drug-likeness (QED) is 0.325. The molecule has 0 saturated heterocycles. The van der Waals surface area contributed by atoms with E-state index >= 15 is 0 Å². The largest absolute Gasteiger partial charge is 0.493 e. The lowest BCUT2D eigenvalue weighted by molar-refractivity contribution is -0.118. The lowest BCUT2D eigenvalue weighted by atomic mass is 9.69. The molecule has 2 aromatic carbocycles. The molecule has 2 heterocycles. The smallest absolute Gasteiger partial charge is 0.257 e. The van der Waals surface area contributed by atoms with Crippen LogP contribution in [0, 0.1) is 12.3 Å². The number of carbonyl (C=O) groups is 1. The van der Waals surface area contributed by atoms with E-state index in [2.05, 4.69) is 43.2 Å². The van der Waals surface area contributed by atoms with Gasteiger partial charge in [0, 0.05) is 29.4 Å². The van der Waals surface area contributed by atoms with Gasteiger partial charge in [-0.15, -0.1) is 0 Å². The summed E-state index contributed by atoms with van der Waals surface area (Å²) in [6, 6.07) is 13.7. The predicted octanol–water partition coefficient (Wildman–Crippen LogP) is 5.59. The van der Waals surface area contributed by atoms with Gasteiger partial charge < -0.3 is 19.8 Å². The zero-order valence-electron chi connectivity index (χ0n) is 21.7. The van der Waals surface area contributed by atoms with E-state index in [1.807, 2.05) is 24.3 Å². The Labute approximate surface area is 220 Å². The number of ether oxygens (including phenoxy) is 2. The van der Waals surface area contributed by atoms with Crippen molar-refractivity contribution < 1.29 is 14.3 Å². The van der Waals surface area contributed by atoms with Gasteiger partial charge in [-0.3, -0.25) is 9.59 Å². The second-order valence-electron chi connectivity index (χ2n) is 10.4. The molecule has 0 fully saturated rings. The van der Waals surface area contributed by atoms with Gasteiger partial charge in [-0.1, -0.05) is 55.9 Å². The van der Waals surface area contributed by atoms with Crippen molar-refractivity contribution in [1.82, 2.24) is 9.97 Å². The molecule has 37 heavy (non-hydrogen) atoms. The third-order valence-electron chi connectivity index (χ3n) is 7.07. The number of nitrogens with one attached hydrogen (secondary N) is 2. The van der Waals surface area contributed by atoms with Gasteiger partial charge in [0.15, 0.2) is 22.4 Å². The Morgan fingerprint density at radius 1 is 1.05 bits per heavy atom. The molecule has 0 spiro atoms. The van der Waals surface area contributed by atoms with E-state index in [4.69, 9.17) is 14.5 Å². The van der Waals surface area contributed by atoms with Gasteiger partial charge in [-0.05, 0) is 47.6 Å². The van der Waals surface area contributed by atoms with Crippen LogP contribution in [-0.2, 0) is 10.5 Å². The highest BCUT2D eigenvalue weighted by Gasteiger charge is 2.42. The Balaban J connectivity index is 1.61. The second-order valence-corrected chi connectivity index (χ2v) is 11.3. The summed E-state index contributed by atoms with van der Waals surface area (Å²) in [5, 5.41) is 3.92. The molecule has 2 N–H and O–H groups in total. The number of fused-ring (bicyclic) bond motifs is 1. The number of hydrogen-bond acceptors (Lipinski definition) is 7. The Hall–Kier alpha value is -3.52. The maximum atomic E-state index is 13.6. The fourth-order valence-corrected chi connectivity index (χ4v) is 6.18. The molecule has 192 valence electrons. The summed E-state index contributed by atoms with van der Waals surface area (Å²) in [5.74, 6) is 1.80. The van der Waals surface area contributed by atoms with Crippen LogP contribution in [0.3, 0.4) is 0 Å². The van der Waals surface area contributed by atoms with Crippen LogP contribution in [0.4, 0.5) is 5.82 Å². The first-order chi connectivity index (χ1) is 17.7. The van der Waals surface area contributed by atoms with Crippen molar-refractivity contribution in [3.05, 3.63) is 86.3 Å². The molecule has 3 aromatic rings. The van der Waals surface area contributed by atoms with Crippen molar-refractivity contribution in [3.8, 4) is 11.5 Å². The summed E-state index contributed by atoms with van der Waals surface area (Å²) >= 11 is 1.49. The van der Waals surface area contributed by atoms with Crippen LogP contribution < -0.4 is 20.3 Å². The number of ketones is 1. The summed E-state index contributed by atoms with van der Waals surface area (Å²) in [4.78, 5) is 34.9. The summed E-state index contributed by atoms with van der Waals surface area (Å²) in [6.45, 7) is 6.25. The fraction of sp³-hybridized carbons (Fsp3) is 0.345. The van der Waals surface area contributed by atoms with E-state index in [9.17, 15) is 9.59 Å². The van der Waals surface area contributed by atoms with E-state index in [-0.39, 0.29) is 16.8 Å². The van der Waals surface area contributed by atoms with Gasteiger partial charge >= 0.3 is 0 Å². The predicted molar refractivity (Wildman–Crippen MR) is 146 cm³/mol. The number of rotatable bonds is 6. The summed E-state index contributed by atoms with van der Waals surface area (Å²) in [6.07, 6.45) is 1.11. The Kier molecular flexibility index (Phi) is 6.62. The number of nitrogens with zero attached hydrogens (tertiary/aromatic N) is 1. The standard InChI is InChI=1S/C29H31N3O4S/c1-16-8-6-7-9-18(16)15-37-28-31-26-25(27(34)32-28)23(17-10-11-21(35-4)22(12-17)36-5)24-19(30-26)13-29(2,3)14-20(24)33/h6-12,23H,13-15H2,1-5H3,(H2,30,31,32,34)/t23-/m1/s1. The van der Waals surface area contributed by atoms with Crippen molar-refractivity contribution >= 4 is 23.4 Å². The number of allylic oxidation sites excluding steroid dienone is 2. The maximum absolute atomic E-state index is 13.6. The number of anilines is 1. The molecular weight excluding hydrogens is 486 g/mol. The molecule has 1 aliphatic carbocycles. The van der Waals surface area contributed by atoms with Gasteiger partial charge in [0.25, 0.3) is 5.56 Å². The van der Waals surface area contributed by atoms with Gasteiger partial charge in [-0.25, -0.2) is 4.98 Å². The van der Waals surface area contributed by atoms with Crippen LogP contribution in [0.25, 0.3) is 0 Å².